The minimum Gasteiger partial charge on any atom is -0.481 e. The van der Waals surface area contributed by atoms with Crippen molar-refractivity contribution in [2.45, 2.75) is 45.6 Å². The third-order valence-electron chi connectivity index (χ3n) is 5.96. The molecule has 3 heterocycles. The Morgan fingerprint density at radius 1 is 1.22 bits per heavy atom. The van der Waals surface area contributed by atoms with Crippen molar-refractivity contribution >= 4 is 28.9 Å². The van der Waals surface area contributed by atoms with Gasteiger partial charge in [-0.05, 0) is 68.4 Å². The van der Waals surface area contributed by atoms with E-state index in [0.717, 1.165) is 10.4 Å². The van der Waals surface area contributed by atoms with Crippen LogP contribution in [0.3, 0.4) is 0 Å². The predicted molar refractivity (Wildman–Crippen MR) is 120 cm³/mol. The van der Waals surface area contributed by atoms with Crippen molar-refractivity contribution in [3.8, 4) is 10.6 Å². The molecule has 4 rings (SSSR count). The average Bonchev–Trinajstić information content (AvgIpc) is 3.21. The van der Waals surface area contributed by atoms with Gasteiger partial charge in [0, 0.05) is 6.20 Å². The molecule has 0 bridgehead atoms. The third-order valence-corrected chi connectivity index (χ3v) is 7.17. The second-order valence-corrected chi connectivity index (χ2v) is 9.62. The number of aliphatic hydroxyl groups is 1. The summed E-state index contributed by atoms with van der Waals surface area (Å²) in [6, 6.07) is 5.42. The van der Waals surface area contributed by atoms with Gasteiger partial charge in [0.1, 0.15) is 28.1 Å². The van der Waals surface area contributed by atoms with E-state index in [2.05, 4.69) is 20.3 Å². The van der Waals surface area contributed by atoms with E-state index in [-0.39, 0.29) is 11.7 Å². The van der Waals surface area contributed by atoms with Crippen LogP contribution in [0.2, 0.25) is 0 Å². The SMILES string of the molecule is Cc1cc(Nc2cc(C)c(F)cn2)nc(-c2cnc(C3(O)CC[C@H](C(=O)O)C(C)C3)s2)c1. The molecule has 0 aromatic carbocycles. The van der Waals surface area contributed by atoms with E-state index in [0.29, 0.717) is 47.2 Å². The number of pyridine rings is 2. The topological polar surface area (TPSA) is 108 Å². The van der Waals surface area contributed by atoms with Crippen LogP contribution in [0.1, 0.15) is 42.3 Å². The van der Waals surface area contributed by atoms with Crippen molar-refractivity contribution in [3.63, 3.8) is 0 Å². The normalized spacial score (nSPS) is 23.2. The van der Waals surface area contributed by atoms with E-state index in [1.807, 2.05) is 26.0 Å². The summed E-state index contributed by atoms with van der Waals surface area (Å²) in [5.41, 5.74) is 1.03. The number of carboxylic acid groups (broad SMARTS) is 1. The maximum Gasteiger partial charge on any atom is 0.306 e. The molecule has 0 saturated heterocycles. The Hall–Kier alpha value is -2.91. The first-order valence-electron chi connectivity index (χ1n) is 10.4. The number of halogens is 1. The van der Waals surface area contributed by atoms with Gasteiger partial charge in [-0.15, -0.1) is 11.3 Å². The lowest BCUT2D eigenvalue weighted by atomic mass is 9.72. The summed E-state index contributed by atoms with van der Waals surface area (Å²) in [6.45, 7) is 5.48. The van der Waals surface area contributed by atoms with Crippen LogP contribution in [-0.2, 0) is 10.4 Å². The van der Waals surface area contributed by atoms with Gasteiger partial charge in [0.25, 0.3) is 0 Å². The molecule has 32 heavy (non-hydrogen) atoms. The second kappa shape index (κ2) is 8.55. The molecule has 0 spiro atoms. The van der Waals surface area contributed by atoms with Crippen LogP contribution < -0.4 is 5.32 Å². The number of rotatable bonds is 5. The minimum atomic E-state index is -1.13. The second-order valence-electron chi connectivity index (χ2n) is 8.58. The van der Waals surface area contributed by atoms with Crippen LogP contribution in [0.4, 0.5) is 16.0 Å². The number of hydrogen-bond donors (Lipinski definition) is 3. The molecule has 0 radical (unpaired) electrons. The number of nitrogens with one attached hydrogen (secondary N) is 1. The van der Waals surface area contributed by atoms with E-state index in [1.165, 1.54) is 17.5 Å². The highest BCUT2D eigenvalue weighted by atomic mass is 32.1. The smallest absolute Gasteiger partial charge is 0.306 e. The molecule has 1 fully saturated rings. The summed E-state index contributed by atoms with van der Waals surface area (Å²) in [5, 5.41) is 24.3. The maximum atomic E-state index is 13.5. The molecule has 9 heteroatoms. The number of hydrogen-bond acceptors (Lipinski definition) is 7. The molecule has 0 amide bonds. The highest BCUT2D eigenvalue weighted by Gasteiger charge is 2.43. The molecular weight excluding hydrogens is 431 g/mol. The molecule has 3 aromatic rings. The Labute approximate surface area is 189 Å². The zero-order valence-electron chi connectivity index (χ0n) is 18.1. The Bertz CT molecular complexity index is 1170. The standard InChI is InChI=1S/C23H25FN4O3S/c1-12-6-17(27-20(7-12)28-19-8-13(2)16(24)10-25-19)18-11-26-22(32-18)23(31)5-4-15(21(29)30)14(3)9-23/h6-8,10-11,14-15,31H,4-5,9H2,1-3H3,(H,29,30)(H,25,27,28)/t14?,15-,23?/m0/s1. The van der Waals surface area contributed by atoms with Gasteiger partial charge in [0.05, 0.1) is 22.7 Å². The summed E-state index contributed by atoms with van der Waals surface area (Å²) in [5.74, 6) is -0.688. The summed E-state index contributed by atoms with van der Waals surface area (Å²) in [6.07, 6.45) is 4.01. The fourth-order valence-electron chi connectivity index (χ4n) is 4.22. The Kier molecular flexibility index (Phi) is 5.96. The lowest BCUT2D eigenvalue weighted by Crippen LogP contribution is -2.38. The number of thiazole rings is 1. The number of nitrogens with zero attached hydrogens (tertiary/aromatic N) is 3. The van der Waals surface area contributed by atoms with Gasteiger partial charge in [-0.25, -0.2) is 19.3 Å². The Balaban J connectivity index is 1.57. The van der Waals surface area contributed by atoms with Crippen LogP contribution in [0, 0.1) is 31.5 Å². The summed E-state index contributed by atoms with van der Waals surface area (Å²) in [7, 11) is 0. The van der Waals surface area contributed by atoms with E-state index < -0.39 is 17.5 Å². The minimum absolute atomic E-state index is 0.141. The molecule has 1 saturated carbocycles. The molecule has 168 valence electrons. The molecule has 7 nitrogen and oxygen atoms in total. The number of carboxylic acids is 1. The van der Waals surface area contributed by atoms with Gasteiger partial charge < -0.3 is 15.5 Å². The summed E-state index contributed by atoms with van der Waals surface area (Å²) >= 11 is 1.37. The highest BCUT2D eigenvalue weighted by Crippen LogP contribution is 2.45. The van der Waals surface area contributed by atoms with Crippen LogP contribution in [0.25, 0.3) is 10.6 Å². The number of aryl methyl sites for hydroxylation is 2. The molecule has 3 atom stereocenters. The number of anilines is 2. The zero-order chi connectivity index (χ0) is 23.0. The fraction of sp³-hybridized carbons (Fsp3) is 0.391. The fourth-order valence-corrected chi connectivity index (χ4v) is 5.22. The van der Waals surface area contributed by atoms with Crippen molar-refractivity contribution < 1.29 is 19.4 Å². The van der Waals surface area contributed by atoms with E-state index in [9.17, 15) is 19.4 Å². The Morgan fingerprint density at radius 3 is 2.69 bits per heavy atom. The van der Waals surface area contributed by atoms with E-state index in [1.54, 1.807) is 19.2 Å². The first-order chi connectivity index (χ1) is 15.1. The lowest BCUT2D eigenvalue weighted by Gasteiger charge is -2.37. The first kappa shape index (κ1) is 22.3. The van der Waals surface area contributed by atoms with Crippen molar-refractivity contribution in [1.82, 2.24) is 15.0 Å². The quantitative estimate of drug-likeness (QED) is 0.506. The highest BCUT2D eigenvalue weighted by molar-refractivity contribution is 7.15. The molecule has 2 unspecified atom stereocenters. The van der Waals surface area contributed by atoms with Crippen LogP contribution in [0.5, 0.6) is 0 Å². The van der Waals surface area contributed by atoms with Gasteiger partial charge in [-0.2, -0.15) is 0 Å². The summed E-state index contributed by atoms with van der Waals surface area (Å²) < 4.78 is 13.5. The van der Waals surface area contributed by atoms with Crippen LogP contribution >= 0.6 is 11.3 Å². The van der Waals surface area contributed by atoms with Crippen molar-refractivity contribution in [2.24, 2.45) is 11.8 Å². The molecule has 3 N–H and O–H groups in total. The van der Waals surface area contributed by atoms with Crippen LogP contribution in [-0.4, -0.2) is 31.1 Å². The molecule has 1 aliphatic rings. The van der Waals surface area contributed by atoms with Gasteiger partial charge in [-0.3, -0.25) is 4.79 Å². The van der Waals surface area contributed by atoms with Gasteiger partial charge in [0.15, 0.2) is 0 Å². The third kappa shape index (κ3) is 4.49. The number of aliphatic carboxylic acids is 1. The van der Waals surface area contributed by atoms with Gasteiger partial charge in [0.2, 0.25) is 0 Å². The largest absolute Gasteiger partial charge is 0.481 e. The van der Waals surface area contributed by atoms with Gasteiger partial charge >= 0.3 is 5.97 Å². The van der Waals surface area contributed by atoms with Crippen molar-refractivity contribution in [3.05, 3.63) is 52.5 Å². The number of carbonyl (C=O) groups is 1. The van der Waals surface area contributed by atoms with E-state index in [4.69, 9.17) is 0 Å². The lowest BCUT2D eigenvalue weighted by molar-refractivity contribution is -0.148. The van der Waals surface area contributed by atoms with E-state index >= 15 is 0 Å². The molecule has 0 aliphatic heterocycles. The summed E-state index contributed by atoms with van der Waals surface area (Å²) in [4.78, 5) is 25.4. The average molecular weight is 457 g/mol. The first-order valence-corrected chi connectivity index (χ1v) is 11.3. The molecular formula is C23H25FN4O3S. The molecule has 3 aromatic heterocycles. The monoisotopic (exact) mass is 456 g/mol. The number of aromatic nitrogens is 3. The zero-order valence-corrected chi connectivity index (χ0v) is 18.9. The maximum absolute atomic E-state index is 13.5. The van der Waals surface area contributed by atoms with Crippen molar-refractivity contribution in [1.29, 1.82) is 0 Å². The Morgan fingerprint density at radius 2 is 2.00 bits per heavy atom. The van der Waals surface area contributed by atoms with Crippen LogP contribution in [0.15, 0.2) is 30.6 Å². The molecule has 1 aliphatic carbocycles. The predicted octanol–water partition coefficient (Wildman–Crippen LogP) is 4.81. The van der Waals surface area contributed by atoms with Gasteiger partial charge in [-0.1, -0.05) is 6.92 Å². The van der Waals surface area contributed by atoms with Crippen molar-refractivity contribution in [2.75, 3.05) is 5.32 Å².